The third-order valence-electron chi connectivity index (χ3n) is 1.10. The fourth-order valence-corrected chi connectivity index (χ4v) is 0.883. The van der Waals surface area contributed by atoms with Crippen LogP contribution in [0.25, 0.3) is 0 Å². The standard InChI is InChI=1S/C7H11ClO2/c1-2-3-6(5-8)4-7(9)10/h5H,2-4H2,1H3,(H,9,10)/b6-5+. The van der Waals surface area contributed by atoms with E-state index in [0.717, 1.165) is 18.4 Å². The van der Waals surface area contributed by atoms with Gasteiger partial charge in [-0.25, -0.2) is 0 Å². The van der Waals surface area contributed by atoms with Crippen LogP contribution < -0.4 is 0 Å². The van der Waals surface area contributed by atoms with Crippen LogP contribution in [0.4, 0.5) is 0 Å². The van der Waals surface area contributed by atoms with Crippen molar-refractivity contribution in [3.63, 3.8) is 0 Å². The van der Waals surface area contributed by atoms with Crippen LogP contribution in [0.1, 0.15) is 26.2 Å². The number of hydrogen-bond donors (Lipinski definition) is 1. The Bertz CT molecular complexity index is 141. The summed E-state index contributed by atoms with van der Waals surface area (Å²) in [6, 6.07) is 0. The van der Waals surface area contributed by atoms with E-state index in [1.807, 2.05) is 6.92 Å². The molecule has 0 aliphatic heterocycles. The Kier molecular flexibility index (Phi) is 5.03. The molecule has 3 heteroatoms. The van der Waals surface area contributed by atoms with Crippen LogP contribution in [0.3, 0.4) is 0 Å². The highest BCUT2D eigenvalue weighted by Gasteiger charge is 2.01. The summed E-state index contributed by atoms with van der Waals surface area (Å²) in [6.07, 6.45) is 1.78. The largest absolute Gasteiger partial charge is 0.481 e. The molecule has 10 heavy (non-hydrogen) atoms. The Balaban J connectivity index is 3.73. The number of aliphatic carboxylic acids is 1. The van der Waals surface area contributed by atoms with Crippen LogP contribution in [0.5, 0.6) is 0 Å². The van der Waals surface area contributed by atoms with Gasteiger partial charge in [0.2, 0.25) is 0 Å². The van der Waals surface area contributed by atoms with Crippen LogP contribution >= 0.6 is 11.6 Å². The molecule has 0 aromatic heterocycles. The molecule has 0 aromatic carbocycles. The average molecular weight is 163 g/mol. The van der Waals surface area contributed by atoms with Gasteiger partial charge in [-0.05, 0) is 12.0 Å². The van der Waals surface area contributed by atoms with Crippen LogP contribution in [-0.4, -0.2) is 11.1 Å². The molecule has 0 amide bonds. The molecule has 58 valence electrons. The average Bonchev–Trinajstić information content (AvgIpc) is 1.86. The molecule has 0 saturated carbocycles. The molecule has 0 spiro atoms. The summed E-state index contributed by atoms with van der Waals surface area (Å²) in [5.74, 6) is -0.819. The molecule has 0 atom stereocenters. The molecule has 0 aromatic rings. The lowest BCUT2D eigenvalue weighted by atomic mass is 10.1. The van der Waals surface area contributed by atoms with Gasteiger partial charge in [-0.15, -0.1) is 0 Å². The fraction of sp³-hybridized carbons (Fsp3) is 0.571. The first kappa shape index (κ1) is 9.50. The Morgan fingerprint density at radius 2 is 2.30 bits per heavy atom. The smallest absolute Gasteiger partial charge is 0.307 e. The van der Waals surface area contributed by atoms with Crippen LogP contribution in [-0.2, 0) is 4.79 Å². The minimum absolute atomic E-state index is 0.0668. The molecule has 0 saturated heterocycles. The number of carboxylic acids is 1. The summed E-state index contributed by atoms with van der Waals surface area (Å²) in [7, 11) is 0. The lowest BCUT2D eigenvalue weighted by Gasteiger charge is -1.98. The zero-order valence-corrected chi connectivity index (χ0v) is 6.69. The van der Waals surface area contributed by atoms with Crippen molar-refractivity contribution in [2.75, 3.05) is 0 Å². The predicted octanol–water partition coefficient (Wildman–Crippen LogP) is 2.38. The van der Waals surface area contributed by atoms with Crippen molar-refractivity contribution >= 4 is 17.6 Å². The van der Waals surface area contributed by atoms with Gasteiger partial charge in [0, 0.05) is 5.54 Å². The summed E-state index contributed by atoms with van der Waals surface area (Å²) < 4.78 is 0. The highest BCUT2D eigenvalue weighted by molar-refractivity contribution is 6.25. The Morgan fingerprint density at radius 1 is 1.70 bits per heavy atom. The van der Waals surface area contributed by atoms with Gasteiger partial charge >= 0.3 is 5.97 Å². The fourth-order valence-electron chi connectivity index (χ4n) is 0.697. The van der Waals surface area contributed by atoms with Gasteiger partial charge in [-0.2, -0.15) is 0 Å². The van der Waals surface area contributed by atoms with Crippen molar-refractivity contribution in [3.05, 3.63) is 11.1 Å². The second kappa shape index (κ2) is 5.30. The lowest BCUT2D eigenvalue weighted by molar-refractivity contribution is -0.136. The van der Waals surface area contributed by atoms with Crippen molar-refractivity contribution in [2.24, 2.45) is 0 Å². The maximum absolute atomic E-state index is 10.1. The summed E-state index contributed by atoms with van der Waals surface area (Å²) >= 11 is 5.37. The van der Waals surface area contributed by atoms with Crippen molar-refractivity contribution in [1.82, 2.24) is 0 Å². The van der Waals surface area contributed by atoms with Gasteiger partial charge in [-0.1, -0.05) is 24.9 Å². The Morgan fingerprint density at radius 3 is 2.60 bits per heavy atom. The van der Waals surface area contributed by atoms with Gasteiger partial charge in [0.1, 0.15) is 0 Å². The molecule has 0 unspecified atom stereocenters. The third kappa shape index (κ3) is 4.39. The van der Waals surface area contributed by atoms with E-state index in [4.69, 9.17) is 16.7 Å². The summed E-state index contributed by atoms with van der Waals surface area (Å²) in [4.78, 5) is 10.1. The zero-order valence-electron chi connectivity index (χ0n) is 5.93. The highest BCUT2D eigenvalue weighted by Crippen LogP contribution is 2.10. The second-order valence-corrected chi connectivity index (χ2v) is 2.31. The molecule has 0 bridgehead atoms. The SMILES string of the molecule is CCC/C(=C\Cl)CC(=O)O. The molecular formula is C7H11ClO2. The van der Waals surface area contributed by atoms with E-state index in [-0.39, 0.29) is 6.42 Å². The molecule has 0 aliphatic carbocycles. The van der Waals surface area contributed by atoms with Crippen LogP contribution in [0, 0.1) is 0 Å². The first-order valence-corrected chi connectivity index (χ1v) is 3.64. The lowest BCUT2D eigenvalue weighted by Crippen LogP contribution is -1.96. The minimum Gasteiger partial charge on any atom is -0.481 e. The predicted molar refractivity (Wildman–Crippen MR) is 41.1 cm³/mol. The first-order chi connectivity index (χ1) is 4.70. The number of carboxylic acid groups (broad SMARTS) is 1. The zero-order chi connectivity index (χ0) is 7.98. The summed E-state index contributed by atoms with van der Waals surface area (Å²) in [5.41, 5.74) is 2.15. The van der Waals surface area contributed by atoms with E-state index in [0.29, 0.717) is 0 Å². The summed E-state index contributed by atoms with van der Waals surface area (Å²) in [6.45, 7) is 1.99. The molecular weight excluding hydrogens is 152 g/mol. The van der Waals surface area contributed by atoms with E-state index < -0.39 is 5.97 Å². The van der Waals surface area contributed by atoms with Crippen molar-refractivity contribution in [2.45, 2.75) is 26.2 Å². The molecule has 0 aliphatic rings. The molecule has 1 N–H and O–H groups in total. The van der Waals surface area contributed by atoms with E-state index in [1.165, 1.54) is 5.54 Å². The van der Waals surface area contributed by atoms with Crippen LogP contribution in [0.15, 0.2) is 11.1 Å². The second-order valence-electron chi connectivity index (χ2n) is 2.09. The maximum atomic E-state index is 10.1. The quantitative estimate of drug-likeness (QED) is 0.689. The van der Waals surface area contributed by atoms with E-state index in [9.17, 15) is 4.79 Å². The molecule has 0 radical (unpaired) electrons. The van der Waals surface area contributed by atoms with E-state index >= 15 is 0 Å². The Hall–Kier alpha value is -0.500. The molecule has 0 rings (SSSR count). The topological polar surface area (TPSA) is 37.3 Å². The normalized spacial score (nSPS) is 11.6. The molecule has 0 fully saturated rings. The van der Waals surface area contributed by atoms with Gasteiger partial charge in [0.25, 0.3) is 0 Å². The highest BCUT2D eigenvalue weighted by atomic mass is 35.5. The Labute approximate surface area is 65.5 Å². The van der Waals surface area contributed by atoms with Gasteiger partial charge in [-0.3, -0.25) is 4.79 Å². The third-order valence-corrected chi connectivity index (χ3v) is 1.41. The van der Waals surface area contributed by atoms with Gasteiger partial charge in [0.05, 0.1) is 6.42 Å². The van der Waals surface area contributed by atoms with E-state index in [1.54, 1.807) is 0 Å². The van der Waals surface area contributed by atoms with Crippen molar-refractivity contribution < 1.29 is 9.90 Å². The summed E-state index contributed by atoms with van der Waals surface area (Å²) in [5, 5.41) is 8.34. The number of rotatable bonds is 4. The molecule has 2 nitrogen and oxygen atoms in total. The molecule has 0 heterocycles. The minimum atomic E-state index is -0.819. The maximum Gasteiger partial charge on any atom is 0.307 e. The van der Waals surface area contributed by atoms with Gasteiger partial charge in [0.15, 0.2) is 0 Å². The number of carbonyl (C=O) groups is 1. The van der Waals surface area contributed by atoms with Gasteiger partial charge < -0.3 is 5.11 Å². The van der Waals surface area contributed by atoms with Crippen molar-refractivity contribution in [1.29, 1.82) is 0 Å². The number of halogens is 1. The first-order valence-electron chi connectivity index (χ1n) is 3.20. The monoisotopic (exact) mass is 162 g/mol. The van der Waals surface area contributed by atoms with Crippen LogP contribution in [0.2, 0.25) is 0 Å². The number of hydrogen-bond acceptors (Lipinski definition) is 1. The van der Waals surface area contributed by atoms with E-state index in [2.05, 4.69) is 0 Å². The van der Waals surface area contributed by atoms with Crippen molar-refractivity contribution in [3.8, 4) is 0 Å².